The number of aromatic nitrogens is 3. The van der Waals surface area contributed by atoms with Crippen molar-refractivity contribution in [2.45, 2.75) is 19.7 Å². The lowest BCUT2D eigenvalue weighted by atomic mass is 10.4. The lowest BCUT2D eigenvalue weighted by Gasteiger charge is -2.01. The Kier molecular flexibility index (Phi) is 3.26. The summed E-state index contributed by atoms with van der Waals surface area (Å²) in [5.74, 6) is 2.21. The zero-order valence-electron chi connectivity index (χ0n) is 10.3. The number of pyridine rings is 1. The molecule has 0 saturated heterocycles. The second-order valence-corrected chi connectivity index (χ2v) is 4.17. The topological polar surface area (TPSA) is 75.6 Å². The number of furan rings is 1. The molecule has 0 fully saturated rings. The lowest BCUT2D eigenvalue weighted by Crippen LogP contribution is -2.14. The van der Waals surface area contributed by atoms with Crippen LogP contribution in [0.2, 0.25) is 0 Å². The molecule has 0 amide bonds. The second kappa shape index (κ2) is 5.21. The molecule has 19 heavy (non-hydrogen) atoms. The van der Waals surface area contributed by atoms with Crippen LogP contribution in [0.15, 0.2) is 40.9 Å². The van der Waals surface area contributed by atoms with Gasteiger partial charge in [0.1, 0.15) is 18.1 Å². The van der Waals surface area contributed by atoms with Crippen LogP contribution in [0.4, 0.5) is 0 Å². The molecule has 2 N–H and O–H groups in total. The average molecular weight is 258 g/mol. The van der Waals surface area contributed by atoms with Gasteiger partial charge in [0.05, 0.1) is 13.1 Å². The number of aliphatic hydroxyl groups is 1. The van der Waals surface area contributed by atoms with Crippen molar-refractivity contribution in [2.24, 2.45) is 0 Å². The van der Waals surface area contributed by atoms with Crippen LogP contribution in [0.5, 0.6) is 0 Å². The van der Waals surface area contributed by atoms with E-state index in [0.717, 1.165) is 17.2 Å². The van der Waals surface area contributed by atoms with Gasteiger partial charge in [-0.3, -0.25) is 4.40 Å². The standard InChI is InChI=1S/C13H14N4O2/c18-9-11-5-4-10(19-11)7-14-8-13-16-15-12-3-1-2-6-17(12)13/h1-6,14,18H,7-9H2. The molecule has 3 heterocycles. The highest BCUT2D eigenvalue weighted by Gasteiger charge is 2.05. The van der Waals surface area contributed by atoms with E-state index in [1.54, 1.807) is 6.07 Å². The Morgan fingerprint density at radius 2 is 2.00 bits per heavy atom. The van der Waals surface area contributed by atoms with Crippen molar-refractivity contribution >= 4 is 5.65 Å². The minimum Gasteiger partial charge on any atom is -0.462 e. The van der Waals surface area contributed by atoms with Crippen LogP contribution in [0.1, 0.15) is 17.3 Å². The zero-order valence-corrected chi connectivity index (χ0v) is 10.3. The maximum Gasteiger partial charge on any atom is 0.160 e. The molecule has 3 aromatic heterocycles. The van der Waals surface area contributed by atoms with Crippen LogP contribution >= 0.6 is 0 Å². The van der Waals surface area contributed by atoms with Crippen LogP contribution in [0.3, 0.4) is 0 Å². The van der Waals surface area contributed by atoms with Gasteiger partial charge >= 0.3 is 0 Å². The fraction of sp³-hybridized carbons (Fsp3) is 0.231. The second-order valence-electron chi connectivity index (χ2n) is 4.17. The smallest absolute Gasteiger partial charge is 0.160 e. The fourth-order valence-electron chi connectivity index (χ4n) is 1.91. The van der Waals surface area contributed by atoms with E-state index < -0.39 is 0 Å². The molecule has 0 aromatic carbocycles. The number of nitrogens with zero attached hydrogens (tertiary/aromatic N) is 3. The first-order chi connectivity index (χ1) is 9.36. The Bertz CT molecular complexity index is 674. The first kappa shape index (κ1) is 11.9. The van der Waals surface area contributed by atoms with Crippen molar-refractivity contribution in [2.75, 3.05) is 0 Å². The molecule has 98 valence electrons. The molecule has 0 spiro atoms. The number of fused-ring (bicyclic) bond motifs is 1. The fourth-order valence-corrected chi connectivity index (χ4v) is 1.91. The molecular weight excluding hydrogens is 244 g/mol. The molecule has 0 atom stereocenters. The van der Waals surface area contributed by atoms with Crippen molar-refractivity contribution in [3.8, 4) is 0 Å². The van der Waals surface area contributed by atoms with E-state index in [4.69, 9.17) is 9.52 Å². The van der Waals surface area contributed by atoms with Gasteiger partial charge in [-0.15, -0.1) is 10.2 Å². The first-order valence-electron chi connectivity index (χ1n) is 6.04. The monoisotopic (exact) mass is 258 g/mol. The lowest BCUT2D eigenvalue weighted by molar-refractivity contribution is 0.242. The molecule has 3 rings (SSSR count). The zero-order chi connectivity index (χ0) is 13.1. The van der Waals surface area contributed by atoms with Gasteiger partial charge in [-0.25, -0.2) is 0 Å². The third-order valence-corrected chi connectivity index (χ3v) is 2.84. The predicted octanol–water partition coefficient (Wildman–Crippen LogP) is 1.10. The van der Waals surface area contributed by atoms with Crippen molar-refractivity contribution in [3.63, 3.8) is 0 Å². The summed E-state index contributed by atoms with van der Waals surface area (Å²) < 4.78 is 7.32. The molecule has 6 heteroatoms. The minimum absolute atomic E-state index is 0.0746. The van der Waals surface area contributed by atoms with Crippen LogP contribution < -0.4 is 5.32 Å². The van der Waals surface area contributed by atoms with Gasteiger partial charge < -0.3 is 14.8 Å². The molecular formula is C13H14N4O2. The average Bonchev–Trinajstić information content (AvgIpc) is 3.06. The van der Waals surface area contributed by atoms with Crippen molar-refractivity contribution in [1.82, 2.24) is 19.9 Å². The van der Waals surface area contributed by atoms with Gasteiger partial charge in [-0.2, -0.15) is 0 Å². The Hall–Kier alpha value is -2.18. The third-order valence-electron chi connectivity index (χ3n) is 2.84. The number of hydrogen-bond donors (Lipinski definition) is 2. The molecule has 0 aliphatic rings. The highest BCUT2D eigenvalue weighted by molar-refractivity contribution is 5.36. The normalized spacial score (nSPS) is 11.2. The van der Waals surface area contributed by atoms with E-state index in [-0.39, 0.29) is 6.61 Å². The molecule has 0 aliphatic heterocycles. The van der Waals surface area contributed by atoms with Gasteiger partial charge in [-0.1, -0.05) is 6.07 Å². The summed E-state index contributed by atoms with van der Waals surface area (Å²) in [7, 11) is 0. The van der Waals surface area contributed by atoms with Crippen molar-refractivity contribution in [1.29, 1.82) is 0 Å². The summed E-state index contributed by atoms with van der Waals surface area (Å²) in [5, 5.41) is 20.4. The highest BCUT2D eigenvalue weighted by atomic mass is 16.4. The van der Waals surface area contributed by atoms with Gasteiger partial charge in [0.15, 0.2) is 11.5 Å². The minimum atomic E-state index is -0.0746. The number of rotatable bonds is 5. The summed E-state index contributed by atoms with van der Waals surface area (Å²) in [4.78, 5) is 0. The Labute approximate surface area is 109 Å². The van der Waals surface area contributed by atoms with Gasteiger partial charge in [0.25, 0.3) is 0 Å². The SMILES string of the molecule is OCc1ccc(CNCc2nnc3ccccn23)o1. The third kappa shape index (κ3) is 2.49. The first-order valence-corrected chi connectivity index (χ1v) is 6.04. The van der Waals surface area contributed by atoms with Crippen molar-refractivity contribution in [3.05, 3.63) is 53.9 Å². The van der Waals surface area contributed by atoms with Gasteiger partial charge in [0.2, 0.25) is 0 Å². The van der Waals surface area contributed by atoms with E-state index in [0.29, 0.717) is 18.8 Å². The molecule has 6 nitrogen and oxygen atoms in total. The number of hydrogen-bond acceptors (Lipinski definition) is 5. The summed E-state index contributed by atoms with van der Waals surface area (Å²) in [6, 6.07) is 9.40. The molecule has 0 radical (unpaired) electrons. The quantitative estimate of drug-likeness (QED) is 0.717. The maximum absolute atomic E-state index is 8.91. The maximum atomic E-state index is 8.91. The molecule has 0 unspecified atom stereocenters. The largest absolute Gasteiger partial charge is 0.462 e. The molecule has 0 bridgehead atoms. The summed E-state index contributed by atoms with van der Waals surface area (Å²) in [6.45, 7) is 1.11. The summed E-state index contributed by atoms with van der Waals surface area (Å²) in [6.07, 6.45) is 1.93. The van der Waals surface area contributed by atoms with Crippen LogP contribution in [0.25, 0.3) is 5.65 Å². The van der Waals surface area contributed by atoms with E-state index in [1.807, 2.05) is 34.9 Å². The number of aliphatic hydroxyl groups excluding tert-OH is 1. The van der Waals surface area contributed by atoms with Crippen LogP contribution in [0, 0.1) is 0 Å². The van der Waals surface area contributed by atoms with E-state index >= 15 is 0 Å². The Balaban J connectivity index is 1.63. The summed E-state index contributed by atoms with van der Waals surface area (Å²) in [5.41, 5.74) is 0.833. The van der Waals surface area contributed by atoms with E-state index in [2.05, 4.69) is 15.5 Å². The Morgan fingerprint density at radius 3 is 2.84 bits per heavy atom. The van der Waals surface area contributed by atoms with Crippen LogP contribution in [-0.4, -0.2) is 19.7 Å². The van der Waals surface area contributed by atoms with Crippen molar-refractivity contribution < 1.29 is 9.52 Å². The van der Waals surface area contributed by atoms with Gasteiger partial charge in [0, 0.05) is 6.20 Å². The molecule has 0 aliphatic carbocycles. The molecule has 3 aromatic rings. The van der Waals surface area contributed by atoms with E-state index in [1.165, 1.54) is 0 Å². The van der Waals surface area contributed by atoms with Crippen LogP contribution in [-0.2, 0) is 19.7 Å². The highest BCUT2D eigenvalue weighted by Crippen LogP contribution is 2.08. The summed E-state index contributed by atoms with van der Waals surface area (Å²) >= 11 is 0. The number of nitrogens with one attached hydrogen (secondary N) is 1. The van der Waals surface area contributed by atoms with E-state index in [9.17, 15) is 0 Å². The predicted molar refractivity (Wildman–Crippen MR) is 68.2 cm³/mol. The Morgan fingerprint density at radius 1 is 1.11 bits per heavy atom. The van der Waals surface area contributed by atoms with Gasteiger partial charge in [-0.05, 0) is 24.3 Å². The molecule has 0 saturated carbocycles.